The molecule has 4 aromatic heterocycles. The van der Waals surface area contributed by atoms with Crippen LogP contribution in [0.25, 0.3) is 0 Å². The van der Waals surface area contributed by atoms with Crippen LogP contribution in [-0.2, 0) is 165 Å². The lowest BCUT2D eigenvalue weighted by molar-refractivity contribution is -0.272. The number of aliphatic hydroxyl groups is 12. The maximum atomic E-state index is 15.3. The summed E-state index contributed by atoms with van der Waals surface area (Å²) < 4.78 is 126. The van der Waals surface area contributed by atoms with Gasteiger partial charge in [0.05, 0.1) is 174 Å². The summed E-state index contributed by atoms with van der Waals surface area (Å²) in [5, 5.41) is 173. The zero-order valence-electron chi connectivity index (χ0n) is 77.0. The summed E-state index contributed by atoms with van der Waals surface area (Å²) in [4.78, 5) is 87.6. The molecule has 5 aliphatic heterocycles. The number of nitrogens with one attached hydrogen (secondary N) is 5. The maximum absolute atomic E-state index is 15.3. The summed E-state index contributed by atoms with van der Waals surface area (Å²) in [6, 6.07) is -5.59. The molecule has 0 spiro atoms. The lowest BCUT2D eigenvalue weighted by Gasteiger charge is -2.42. The van der Waals surface area contributed by atoms with Gasteiger partial charge < -0.3 is 159 Å². The van der Waals surface area contributed by atoms with Crippen LogP contribution in [-0.4, -0.2) is 457 Å². The lowest BCUT2D eigenvalue weighted by Crippen LogP contribution is -2.64. The van der Waals surface area contributed by atoms with Crippen LogP contribution < -0.4 is 26.6 Å². The van der Waals surface area contributed by atoms with Crippen LogP contribution in [0.3, 0.4) is 0 Å². The number of ether oxygens (including phenoxy) is 13. The topological polar surface area (TPSA) is 749 Å². The van der Waals surface area contributed by atoms with Crippen LogP contribution in [0.2, 0.25) is 0 Å². The first-order valence-electron chi connectivity index (χ1n) is 45.2. The molecule has 5 fully saturated rings. The Morgan fingerprint density at radius 2 is 0.788 bits per heavy atom. The molecule has 0 bridgehead atoms. The van der Waals surface area contributed by atoms with E-state index >= 15 is 4.79 Å². The van der Waals surface area contributed by atoms with Gasteiger partial charge in [-0.25, -0.2) is 27.9 Å². The van der Waals surface area contributed by atoms with Crippen LogP contribution in [0.1, 0.15) is 102 Å². The minimum atomic E-state index is -4.65. The van der Waals surface area contributed by atoms with E-state index in [1.165, 1.54) is 37.1 Å². The number of phosphoric ester groups is 2. The average Bonchev–Trinajstić information content (AvgIpc) is 1.53. The number of rotatable bonds is 65. The third kappa shape index (κ3) is 37.4. The molecule has 0 saturated carbocycles. The molecular formula is C78H135N19O38P2. The Balaban J connectivity index is 0.898. The number of nitrogens with zero attached hydrogens (tertiary/aromatic N) is 14. The average molecular weight is 2010 g/mol. The first kappa shape index (κ1) is 114. The molecule has 9 heterocycles. The van der Waals surface area contributed by atoms with Crippen molar-refractivity contribution < 1.29 is 184 Å². The van der Waals surface area contributed by atoms with Gasteiger partial charge in [0.25, 0.3) is 0 Å². The molecule has 5 aliphatic rings. The Hall–Kier alpha value is -6.95. The molecule has 19 N–H and O–H groups in total. The van der Waals surface area contributed by atoms with Crippen molar-refractivity contribution in [1.82, 2.24) is 96.4 Å². The Bertz CT molecular complexity index is 4090. The Morgan fingerprint density at radius 3 is 1.13 bits per heavy atom. The highest BCUT2D eigenvalue weighted by molar-refractivity contribution is 7.47. The van der Waals surface area contributed by atoms with Crippen molar-refractivity contribution in [2.75, 3.05) is 146 Å². The number of aliphatic hydroxyl groups excluding tert-OH is 12. The van der Waals surface area contributed by atoms with Gasteiger partial charge in [0, 0.05) is 105 Å². The van der Waals surface area contributed by atoms with E-state index in [1.54, 1.807) is 34.2 Å². The normalized spacial score (nSPS) is 28.1. The molecule has 5 amide bonds. The van der Waals surface area contributed by atoms with E-state index in [0.717, 1.165) is 7.11 Å². The van der Waals surface area contributed by atoms with E-state index in [4.69, 9.17) is 75.2 Å². The number of phosphoric acid groups is 2. The molecule has 0 aliphatic carbocycles. The van der Waals surface area contributed by atoms with Gasteiger partial charge >= 0.3 is 15.6 Å². The Labute approximate surface area is 788 Å². The number of amides is 5. The molecule has 780 valence electrons. The number of carbonyl (C=O) groups is 5. The maximum Gasteiger partial charge on any atom is 0.472 e. The first-order chi connectivity index (χ1) is 65.7. The molecule has 4 aromatic rings. The van der Waals surface area contributed by atoms with E-state index in [0.29, 0.717) is 67.8 Å². The number of hydrogen-bond donors (Lipinski definition) is 19. The van der Waals surface area contributed by atoms with Gasteiger partial charge in [0.15, 0.2) is 25.2 Å². The summed E-state index contributed by atoms with van der Waals surface area (Å²) in [5.74, 6) is -2.48. The second kappa shape index (κ2) is 58.6. The SMILES string of the molecule is COP(=O)(O)OC[C@H]1OCC[C@@H]1OP(=O)(O)OCCCCCCNC(=O)[C@H](CCCCN(Cc1cn(CCOCCO[C@@H]2O[C@H](CO)[C@H](O)[C@H](O)[C@H]2NC(C)=O)nn1)Cc1cn(CCOCCO[C@@H]2O[C@H](CO)[C@H](O)[C@H](O)[C@H]2NC(C)=O)nn1)N(Cc1cn(CCOCCO[C@@H]2O[C@H](CO)[C@H](O)[C@H](O)[C@H]2NC(C)=O)nn1)Cc1cn(CCOCCO[C@@H]2O[C@H](CO)[C@H](O)[C@H](O)[C@H]2NC(C)=O)nn1. The van der Waals surface area contributed by atoms with Crippen molar-refractivity contribution in [2.45, 2.75) is 272 Å². The molecule has 137 heavy (non-hydrogen) atoms. The van der Waals surface area contributed by atoms with E-state index in [-0.39, 0.29) is 170 Å². The molecule has 0 aromatic carbocycles. The quantitative estimate of drug-likeness (QED) is 0.0144. The molecule has 9 rings (SSSR count). The van der Waals surface area contributed by atoms with Gasteiger partial charge in [-0.2, -0.15) is 0 Å². The van der Waals surface area contributed by atoms with E-state index < -0.39 is 213 Å². The van der Waals surface area contributed by atoms with E-state index in [2.05, 4.69) is 77.3 Å². The smallest absolute Gasteiger partial charge is 0.394 e. The monoisotopic (exact) mass is 2010 g/mol. The highest BCUT2D eigenvalue weighted by Gasteiger charge is 2.50. The van der Waals surface area contributed by atoms with Gasteiger partial charge in [-0.05, 0) is 32.2 Å². The molecule has 0 radical (unpaired) electrons. The van der Waals surface area contributed by atoms with Gasteiger partial charge in [0.2, 0.25) is 29.5 Å². The third-order valence-electron chi connectivity index (χ3n) is 22.4. The van der Waals surface area contributed by atoms with Crippen LogP contribution >= 0.6 is 15.6 Å². The van der Waals surface area contributed by atoms with Crippen molar-refractivity contribution in [3.63, 3.8) is 0 Å². The first-order valence-corrected chi connectivity index (χ1v) is 48.1. The van der Waals surface area contributed by atoms with E-state index in [9.17, 15) is 99.4 Å². The van der Waals surface area contributed by atoms with Crippen LogP contribution in [0, 0.1) is 0 Å². The Kier molecular flexibility index (Phi) is 48.6. The molecule has 2 unspecified atom stereocenters. The van der Waals surface area contributed by atoms with Gasteiger partial charge in [-0.15, -0.1) is 20.4 Å². The van der Waals surface area contributed by atoms with Crippen LogP contribution in [0.15, 0.2) is 24.8 Å². The molecule has 59 heteroatoms. The second-order valence-corrected chi connectivity index (χ2v) is 35.9. The largest absolute Gasteiger partial charge is 0.472 e. The van der Waals surface area contributed by atoms with Gasteiger partial charge in [0.1, 0.15) is 110 Å². The Morgan fingerprint density at radius 1 is 0.438 bits per heavy atom. The zero-order chi connectivity index (χ0) is 99.1. The summed E-state index contributed by atoms with van der Waals surface area (Å²) >= 11 is 0. The van der Waals surface area contributed by atoms with Crippen molar-refractivity contribution in [2.24, 2.45) is 0 Å². The highest BCUT2D eigenvalue weighted by Crippen LogP contribution is 2.48. The number of aromatic nitrogens is 12. The van der Waals surface area contributed by atoms with Crippen LogP contribution in [0.5, 0.6) is 0 Å². The number of unbranched alkanes of at least 4 members (excludes halogenated alkanes) is 4. The summed E-state index contributed by atoms with van der Waals surface area (Å²) in [6.07, 6.45) is -14.0. The number of carbonyl (C=O) groups excluding carboxylic acids is 5. The van der Waals surface area contributed by atoms with E-state index in [1.807, 2.05) is 4.90 Å². The summed E-state index contributed by atoms with van der Waals surface area (Å²) in [6.45, 7) is 3.61. The highest BCUT2D eigenvalue weighted by atomic mass is 31.2. The minimum absolute atomic E-state index is 0.00251. The fourth-order valence-electron chi connectivity index (χ4n) is 15.4. The summed E-state index contributed by atoms with van der Waals surface area (Å²) in [5.41, 5.74) is 1.91. The predicted molar refractivity (Wildman–Crippen MR) is 459 cm³/mol. The van der Waals surface area contributed by atoms with Crippen molar-refractivity contribution in [3.05, 3.63) is 47.6 Å². The lowest BCUT2D eigenvalue weighted by atomic mass is 9.97. The van der Waals surface area contributed by atoms with Crippen molar-refractivity contribution in [1.29, 1.82) is 0 Å². The predicted octanol–water partition coefficient (Wildman–Crippen LogP) is -9.07. The van der Waals surface area contributed by atoms with Crippen LogP contribution in [0.4, 0.5) is 0 Å². The fourth-order valence-corrected chi connectivity index (χ4v) is 16.8. The molecule has 5 saturated heterocycles. The third-order valence-corrected chi connectivity index (χ3v) is 24.4. The minimum Gasteiger partial charge on any atom is -0.394 e. The second-order valence-electron chi connectivity index (χ2n) is 33.0. The van der Waals surface area contributed by atoms with Gasteiger partial charge in [-0.1, -0.05) is 40.1 Å². The van der Waals surface area contributed by atoms with Crippen molar-refractivity contribution >= 4 is 45.2 Å². The van der Waals surface area contributed by atoms with Gasteiger partial charge in [-0.3, -0.25) is 51.9 Å². The summed E-state index contributed by atoms with van der Waals surface area (Å²) in [7, 11) is -8.07. The fraction of sp³-hybridized carbons (Fsp3) is 0.833. The number of hydrogen-bond acceptors (Lipinski definition) is 46. The molecule has 57 nitrogen and oxygen atoms in total. The molecular weight excluding hydrogens is 1870 g/mol. The molecule has 25 atom stereocenters. The van der Waals surface area contributed by atoms with Crippen molar-refractivity contribution in [3.8, 4) is 0 Å². The standard InChI is InChI=1S/C78H135N19O38P2/c1-47(102)80-62-70(110)66(106)57(42-98)131-75(62)125-30-26-120-22-16-94-38-51(84-88-94)34-92(35-52-39-95(89-85-52)17-23-121-27-31-126-76-63(81-48(2)103)71(111)67(107)58(43-99)132-76)15-10-8-12-55(74(114)79-14-9-6-7-11-20-129-137(117,118)135-56-13-21-124-61(56)46-130-136(115,116)119-5)93(36-53-40-96(90-86-53)18-24-122-28-32-127-77-64(82-49(3)104)72(112)68(108)59(44-100)133-77)37-54-41-97(91-87-54)19-25-123-29-33-128-78-65(83-50(4)105)73(113)69(109)60(45-101)134-78/h38-41,55-73,75-78,98-101,106-113H,6-37,42-46H2,1-5H3,(H,79,114)(H,80,102)(H,81,103)(H,82,104)(H,83,105)(H,115,116)(H,117,118)/t55-,56-,57+,58+,59+,60+,61+,62+,63+,64+,65+,66-,67-,68-,69-,70+,71+,72+,73+,75+,76+,77+,78+/m0/s1. The zero-order valence-corrected chi connectivity index (χ0v) is 78.8.